The second-order valence-corrected chi connectivity index (χ2v) is 7.54. The fraction of sp³-hybridized carbons (Fsp3) is 0.227. The Morgan fingerprint density at radius 1 is 1.18 bits per heavy atom. The molecule has 3 aromatic rings. The minimum Gasteiger partial charge on any atom is -0.492 e. The summed E-state index contributed by atoms with van der Waals surface area (Å²) in [4.78, 5) is 20.6. The van der Waals surface area contributed by atoms with Crippen LogP contribution in [-0.4, -0.2) is 22.5 Å². The fourth-order valence-electron chi connectivity index (χ4n) is 3.48. The highest BCUT2D eigenvalue weighted by Crippen LogP contribution is 2.41. The molecule has 0 radical (unpaired) electrons. The van der Waals surface area contributed by atoms with Crippen LogP contribution in [0.15, 0.2) is 55.0 Å². The quantitative estimate of drug-likeness (QED) is 0.713. The van der Waals surface area contributed by atoms with Gasteiger partial charge in [0.05, 0.1) is 12.2 Å². The number of nitrogens with one attached hydrogen (secondary N) is 1. The molecule has 3 N–H and O–H groups in total. The van der Waals surface area contributed by atoms with Crippen LogP contribution in [0.4, 0.5) is 5.82 Å². The van der Waals surface area contributed by atoms with E-state index in [2.05, 4.69) is 35.2 Å². The summed E-state index contributed by atoms with van der Waals surface area (Å²) in [5.41, 5.74) is 9.88. The fourth-order valence-corrected chi connectivity index (χ4v) is 3.48. The Labute approximate surface area is 163 Å². The monoisotopic (exact) mass is 374 g/mol. The standard InChI is InChI=1S/C22H22N4O2/c1-22(2)13-28-18-11-15(3-4-17(18)22)16-7-10-25-21(19(16)20(23)27)26-12-14-5-8-24-9-6-14/h3-11H,12-13H2,1-2H3,(H2,23,27)(H,25,26). The van der Waals surface area contributed by atoms with E-state index in [1.165, 1.54) is 5.56 Å². The Kier molecular flexibility index (Phi) is 4.47. The lowest BCUT2D eigenvalue weighted by atomic mass is 9.86. The lowest BCUT2D eigenvalue weighted by Crippen LogP contribution is -2.18. The van der Waals surface area contributed by atoms with Gasteiger partial charge in [-0.15, -0.1) is 0 Å². The zero-order valence-corrected chi connectivity index (χ0v) is 15.9. The van der Waals surface area contributed by atoms with Crippen LogP contribution in [0.5, 0.6) is 5.75 Å². The normalized spacial score (nSPS) is 14.2. The number of aromatic nitrogens is 2. The van der Waals surface area contributed by atoms with Crippen molar-refractivity contribution in [2.45, 2.75) is 25.8 Å². The van der Waals surface area contributed by atoms with Gasteiger partial charge in [-0.25, -0.2) is 4.98 Å². The Balaban J connectivity index is 1.71. The summed E-state index contributed by atoms with van der Waals surface area (Å²) in [5, 5.41) is 3.22. The molecule has 0 fully saturated rings. The van der Waals surface area contributed by atoms with Gasteiger partial charge >= 0.3 is 0 Å². The molecule has 1 aliphatic heterocycles. The molecule has 1 amide bonds. The molecule has 1 aliphatic rings. The largest absolute Gasteiger partial charge is 0.492 e. The number of nitrogens with zero attached hydrogens (tertiary/aromatic N) is 2. The number of nitrogens with two attached hydrogens (primary N) is 1. The maximum Gasteiger partial charge on any atom is 0.253 e. The van der Waals surface area contributed by atoms with Crippen LogP contribution in [0, 0.1) is 0 Å². The van der Waals surface area contributed by atoms with Crippen LogP contribution < -0.4 is 15.8 Å². The maximum atomic E-state index is 12.3. The second kappa shape index (κ2) is 6.96. The van der Waals surface area contributed by atoms with Crippen molar-refractivity contribution in [3.63, 3.8) is 0 Å². The number of amides is 1. The summed E-state index contributed by atoms with van der Waals surface area (Å²) >= 11 is 0. The third kappa shape index (κ3) is 3.29. The molecule has 4 rings (SSSR count). The molecule has 6 heteroatoms. The summed E-state index contributed by atoms with van der Waals surface area (Å²) in [5.74, 6) is 0.784. The topological polar surface area (TPSA) is 90.1 Å². The molecule has 0 spiro atoms. The third-order valence-corrected chi connectivity index (χ3v) is 5.02. The SMILES string of the molecule is CC1(C)COc2cc(-c3ccnc(NCc4ccncc4)c3C(N)=O)ccc21. The number of hydrogen-bond acceptors (Lipinski definition) is 5. The lowest BCUT2D eigenvalue weighted by Gasteiger charge is -2.16. The molecule has 3 heterocycles. The molecule has 0 unspecified atom stereocenters. The van der Waals surface area contributed by atoms with Crippen LogP contribution in [-0.2, 0) is 12.0 Å². The number of anilines is 1. The van der Waals surface area contributed by atoms with Crippen molar-refractivity contribution in [3.05, 3.63) is 71.7 Å². The second-order valence-electron chi connectivity index (χ2n) is 7.54. The van der Waals surface area contributed by atoms with Gasteiger partial charge in [0.25, 0.3) is 5.91 Å². The van der Waals surface area contributed by atoms with Gasteiger partial charge < -0.3 is 15.8 Å². The maximum absolute atomic E-state index is 12.3. The van der Waals surface area contributed by atoms with Gasteiger partial charge in [-0.2, -0.15) is 0 Å². The Bertz CT molecular complexity index is 1030. The minimum atomic E-state index is -0.526. The van der Waals surface area contributed by atoms with Crippen molar-refractivity contribution >= 4 is 11.7 Å². The highest BCUT2D eigenvalue weighted by molar-refractivity contribution is 6.04. The van der Waals surface area contributed by atoms with Crippen LogP contribution >= 0.6 is 0 Å². The smallest absolute Gasteiger partial charge is 0.253 e. The molecule has 0 bridgehead atoms. The summed E-state index contributed by atoms with van der Waals surface area (Å²) in [7, 11) is 0. The molecule has 6 nitrogen and oxygen atoms in total. The van der Waals surface area contributed by atoms with E-state index < -0.39 is 5.91 Å². The first-order valence-corrected chi connectivity index (χ1v) is 9.15. The summed E-state index contributed by atoms with van der Waals surface area (Å²) in [6.07, 6.45) is 5.12. The first-order valence-electron chi connectivity index (χ1n) is 9.15. The number of carbonyl (C=O) groups is 1. The van der Waals surface area contributed by atoms with Crippen LogP contribution in [0.1, 0.15) is 35.3 Å². The average molecular weight is 374 g/mol. The zero-order valence-electron chi connectivity index (χ0n) is 15.9. The summed E-state index contributed by atoms with van der Waals surface area (Å²) in [6, 6.07) is 11.6. The predicted molar refractivity (Wildman–Crippen MR) is 108 cm³/mol. The number of benzene rings is 1. The Hall–Kier alpha value is -3.41. The third-order valence-electron chi connectivity index (χ3n) is 5.02. The van der Waals surface area contributed by atoms with E-state index >= 15 is 0 Å². The van der Waals surface area contributed by atoms with Crippen LogP contribution in [0.2, 0.25) is 0 Å². The molecule has 28 heavy (non-hydrogen) atoms. The zero-order chi connectivity index (χ0) is 19.7. The number of rotatable bonds is 5. The molecule has 0 atom stereocenters. The van der Waals surface area contributed by atoms with E-state index in [0.29, 0.717) is 24.5 Å². The van der Waals surface area contributed by atoms with Gasteiger partial charge in [-0.3, -0.25) is 9.78 Å². The molecule has 1 aromatic carbocycles. The van der Waals surface area contributed by atoms with Gasteiger partial charge in [0.15, 0.2) is 0 Å². The number of fused-ring (bicyclic) bond motifs is 1. The van der Waals surface area contributed by atoms with E-state index in [1.54, 1.807) is 24.7 Å². The Morgan fingerprint density at radius 2 is 1.96 bits per heavy atom. The van der Waals surface area contributed by atoms with Crippen molar-refractivity contribution < 1.29 is 9.53 Å². The van der Waals surface area contributed by atoms with Crippen LogP contribution in [0.25, 0.3) is 11.1 Å². The van der Waals surface area contributed by atoms with Gasteiger partial charge in [-0.1, -0.05) is 26.0 Å². The predicted octanol–water partition coefficient (Wildman–Crippen LogP) is 3.52. The average Bonchev–Trinajstić information content (AvgIpc) is 3.01. The highest BCUT2D eigenvalue weighted by atomic mass is 16.5. The van der Waals surface area contributed by atoms with Crippen molar-refractivity contribution in [1.82, 2.24) is 9.97 Å². The molecule has 2 aromatic heterocycles. The van der Waals surface area contributed by atoms with E-state index in [0.717, 1.165) is 22.4 Å². The molecule has 0 saturated carbocycles. The van der Waals surface area contributed by atoms with Crippen molar-refractivity contribution in [3.8, 4) is 16.9 Å². The first kappa shape index (κ1) is 18.0. The molecular formula is C22H22N4O2. The first-order chi connectivity index (χ1) is 13.5. The lowest BCUT2D eigenvalue weighted by molar-refractivity contribution is 0.100. The number of pyridine rings is 2. The van der Waals surface area contributed by atoms with E-state index in [1.807, 2.05) is 24.3 Å². The number of ether oxygens (including phenoxy) is 1. The van der Waals surface area contributed by atoms with Gasteiger partial charge in [0.1, 0.15) is 11.6 Å². The van der Waals surface area contributed by atoms with Gasteiger partial charge in [0, 0.05) is 36.1 Å². The van der Waals surface area contributed by atoms with Crippen molar-refractivity contribution in [2.75, 3.05) is 11.9 Å². The number of carbonyl (C=O) groups excluding carboxylic acids is 1. The van der Waals surface area contributed by atoms with Crippen molar-refractivity contribution in [1.29, 1.82) is 0 Å². The highest BCUT2D eigenvalue weighted by Gasteiger charge is 2.32. The summed E-state index contributed by atoms with van der Waals surface area (Å²) in [6.45, 7) is 5.46. The van der Waals surface area contributed by atoms with E-state index in [9.17, 15) is 4.79 Å². The molecule has 0 aliphatic carbocycles. The molecule has 142 valence electrons. The van der Waals surface area contributed by atoms with Gasteiger partial charge in [-0.05, 0) is 41.0 Å². The summed E-state index contributed by atoms with van der Waals surface area (Å²) < 4.78 is 5.86. The van der Waals surface area contributed by atoms with Crippen LogP contribution in [0.3, 0.4) is 0 Å². The van der Waals surface area contributed by atoms with E-state index in [4.69, 9.17) is 10.5 Å². The molecule has 0 saturated heterocycles. The van der Waals surface area contributed by atoms with E-state index in [-0.39, 0.29) is 5.41 Å². The van der Waals surface area contributed by atoms with Gasteiger partial charge in [0.2, 0.25) is 0 Å². The molecular weight excluding hydrogens is 352 g/mol. The Morgan fingerprint density at radius 3 is 2.71 bits per heavy atom. The van der Waals surface area contributed by atoms with Crippen molar-refractivity contribution in [2.24, 2.45) is 5.73 Å². The number of primary amides is 1. The number of hydrogen-bond donors (Lipinski definition) is 2. The minimum absolute atomic E-state index is 0.0180.